The predicted molar refractivity (Wildman–Crippen MR) is 110 cm³/mol. The SMILES string of the molecule is O=C(Nc1ccccc1C(=O)OCn1nnc2ccccc2c1=O)c1ccccc1. The molecule has 4 aromatic rings. The summed E-state index contributed by atoms with van der Waals surface area (Å²) in [5.41, 5.74) is 0.952. The van der Waals surface area contributed by atoms with Crippen molar-refractivity contribution in [3.05, 3.63) is 100 Å². The minimum atomic E-state index is -0.708. The molecule has 0 saturated carbocycles. The van der Waals surface area contributed by atoms with E-state index in [0.29, 0.717) is 22.2 Å². The number of hydrogen-bond donors (Lipinski definition) is 1. The van der Waals surface area contributed by atoms with E-state index >= 15 is 0 Å². The number of esters is 1. The molecule has 30 heavy (non-hydrogen) atoms. The maximum Gasteiger partial charge on any atom is 0.342 e. The molecule has 0 fully saturated rings. The van der Waals surface area contributed by atoms with Crippen molar-refractivity contribution in [2.24, 2.45) is 0 Å². The molecule has 1 amide bonds. The molecule has 0 spiro atoms. The largest absolute Gasteiger partial charge is 0.438 e. The van der Waals surface area contributed by atoms with Gasteiger partial charge in [-0.3, -0.25) is 9.59 Å². The lowest BCUT2D eigenvalue weighted by atomic mass is 10.1. The molecule has 148 valence electrons. The van der Waals surface area contributed by atoms with Crippen LogP contribution in [0.3, 0.4) is 0 Å². The topological polar surface area (TPSA) is 103 Å². The van der Waals surface area contributed by atoms with Gasteiger partial charge in [0.05, 0.1) is 16.6 Å². The molecule has 0 aliphatic heterocycles. The van der Waals surface area contributed by atoms with Crippen LogP contribution in [0.15, 0.2) is 83.7 Å². The predicted octanol–water partition coefficient (Wildman–Crippen LogP) is 2.86. The van der Waals surface area contributed by atoms with Crippen LogP contribution in [0.5, 0.6) is 0 Å². The first-order valence-electron chi connectivity index (χ1n) is 9.08. The van der Waals surface area contributed by atoms with Gasteiger partial charge in [0.25, 0.3) is 11.5 Å². The van der Waals surface area contributed by atoms with Crippen LogP contribution >= 0.6 is 0 Å². The van der Waals surface area contributed by atoms with Gasteiger partial charge in [0.1, 0.15) is 5.52 Å². The Labute approximate surface area is 170 Å². The number of hydrogen-bond acceptors (Lipinski definition) is 6. The van der Waals surface area contributed by atoms with Crippen LogP contribution < -0.4 is 10.9 Å². The number of carbonyl (C=O) groups excluding carboxylic acids is 2. The van der Waals surface area contributed by atoms with Gasteiger partial charge in [-0.2, -0.15) is 4.68 Å². The fraction of sp³-hybridized carbons (Fsp3) is 0.0455. The number of anilines is 1. The summed E-state index contributed by atoms with van der Waals surface area (Å²) in [6, 6.07) is 21.9. The highest BCUT2D eigenvalue weighted by atomic mass is 16.5. The van der Waals surface area contributed by atoms with Gasteiger partial charge < -0.3 is 10.1 Å². The monoisotopic (exact) mass is 400 g/mol. The van der Waals surface area contributed by atoms with Crippen molar-refractivity contribution in [3.8, 4) is 0 Å². The molecule has 8 heteroatoms. The molecule has 0 radical (unpaired) electrons. The normalized spacial score (nSPS) is 10.5. The van der Waals surface area contributed by atoms with Crippen LogP contribution in [0.2, 0.25) is 0 Å². The van der Waals surface area contributed by atoms with E-state index < -0.39 is 18.3 Å². The second-order valence-corrected chi connectivity index (χ2v) is 6.34. The number of nitrogens with one attached hydrogen (secondary N) is 1. The Kier molecular flexibility index (Phi) is 5.29. The molecule has 1 heterocycles. The number of benzene rings is 3. The number of nitrogens with zero attached hydrogens (tertiary/aromatic N) is 3. The van der Waals surface area contributed by atoms with Crippen molar-refractivity contribution in [2.45, 2.75) is 6.73 Å². The van der Waals surface area contributed by atoms with Crippen LogP contribution in [0.4, 0.5) is 5.69 Å². The second kappa shape index (κ2) is 8.36. The molecule has 1 N–H and O–H groups in total. The number of carbonyl (C=O) groups is 2. The smallest absolute Gasteiger partial charge is 0.342 e. The van der Waals surface area contributed by atoms with Crippen LogP contribution in [-0.2, 0) is 11.5 Å². The summed E-state index contributed by atoms with van der Waals surface area (Å²) in [7, 11) is 0. The number of amides is 1. The second-order valence-electron chi connectivity index (χ2n) is 6.34. The van der Waals surface area contributed by atoms with Crippen molar-refractivity contribution in [1.82, 2.24) is 15.0 Å². The average Bonchev–Trinajstić information content (AvgIpc) is 2.79. The number of fused-ring (bicyclic) bond motifs is 1. The third kappa shape index (κ3) is 3.93. The molecular weight excluding hydrogens is 384 g/mol. The Balaban J connectivity index is 1.51. The van der Waals surface area contributed by atoms with Crippen molar-refractivity contribution in [3.63, 3.8) is 0 Å². The van der Waals surface area contributed by atoms with Gasteiger partial charge >= 0.3 is 5.97 Å². The Morgan fingerprint density at radius 2 is 1.60 bits per heavy atom. The van der Waals surface area contributed by atoms with E-state index in [-0.39, 0.29) is 11.5 Å². The summed E-state index contributed by atoms with van der Waals surface area (Å²) in [5, 5.41) is 10.8. The first kappa shape index (κ1) is 19.0. The summed E-state index contributed by atoms with van der Waals surface area (Å²) in [6.07, 6.45) is 0. The van der Waals surface area contributed by atoms with Gasteiger partial charge in [-0.1, -0.05) is 47.7 Å². The quantitative estimate of drug-likeness (QED) is 0.517. The van der Waals surface area contributed by atoms with E-state index in [2.05, 4.69) is 15.6 Å². The summed E-state index contributed by atoms with van der Waals surface area (Å²) in [4.78, 5) is 37.5. The molecule has 4 rings (SSSR count). The van der Waals surface area contributed by atoms with Gasteiger partial charge in [0.15, 0.2) is 6.73 Å². The molecular formula is C22H16N4O4. The van der Waals surface area contributed by atoms with Gasteiger partial charge in [-0.05, 0) is 36.4 Å². The van der Waals surface area contributed by atoms with E-state index in [1.807, 2.05) is 0 Å². The Morgan fingerprint density at radius 3 is 2.43 bits per heavy atom. The van der Waals surface area contributed by atoms with Crippen molar-refractivity contribution >= 4 is 28.5 Å². The van der Waals surface area contributed by atoms with E-state index in [0.717, 1.165) is 4.68 Å². The first-order chi connectivity index (χ1) is 14.6. The first-order valence-corrected chi connectivity index (χ1v) is 9.08. The molecule has 0 saturated heterocycles. The van der Waals surface area contributed by atoms with Crippen molar-refractivity contribution in [2.75, 3.05) is 5.32 Å². The standard InChI is InChI=1S/C22H16N4O4/c27-20(15-8-2-1-3-9-15)23-18-12-6-5-11-17(18)22(29)30-14-26-21(28)16-10-4-7-13-19(16)24-25-26/h1-13H,14H2,(H,23,27). The summed E-state index contributed by atoms with van der Waals surface area (Å²) in [6.45, 7) is -0.406. The van der Waals surface area contributed by atoms with E-state index in [4.69, 9.17) is 4.74 Å². The maximum atomic E-state index is 12.6. The van der Waals surface area contributed by atoms with E-state index in [1.165, 1.54) is 6.07 Å². The van der Waals surface area contributed by atoms with Gasteiger partial charge in [-0.25, -0.2) is 4.79 Å². The van der Waals surface area contributed by atoms with Crippen LogP contribution in [0, 0.1) is 0 Å². The fourth-order valence-electron chi connectivity index (χ4n) is 2.86. The van der Waals surface area contributed by atoms with Crippen molar-refractivity contribution < 1.29 is 14.3 Å². The molecule has 0 unspecified atom stereocenters. The lowest BCUT2D eigenvalue weighted by Crippen LogP contribution is -2.26. The molecule has 0 aliphatic rings. The highest BCUT2D eigenvalue weighted by Crippen LogP contribution is 2.17. The highest BCUT2D eigenvalue weighted by molar-refractivity contribution is 6.07. The Bertz CT molecular complexity index is 1290. The van der Waals surface area contributed by atoms with E-state index in [1.54, 1.807) is 72.8 Å². The average molecular weight is 400 g/mol. The van der Waals surface area contributed by atoms with Gasteiger partial charge in [-0.15, -0.1) is 5.10 Å². The minimum Gasteiger partial charge on any atom is -0.438 e. The van der Waals surface area contributed by atoms with Crippen LogP contribution in [-0.4, -0.2) is 26.9 Å². The Hall–Kier alpha value is -4.33. The summed E-state index contributed by atoms with van der Waals surface area (Å²) >= 11 is 0. The fourth-order valence-corrected chi connectivity index (χ4v) is 2.86. The number of para-hydroxylation sites is 1. The zero-order valence-electron chi connectivity index (χ0n) is 15.7. The number of rotatable bonds is 5. The molecule has 0 bridgehead atoms. The van der Waals surface area contributed by atoms with Gasteiger partial charge in [0.2, 0.25) is 0 Å². The molecule has 0 atom stereocenters. The number of ether oxygens (including phenoxy) is 1. The van der Waals surface area contributed by atoms with Crippen LogP contribution in [0.25, 0.3) is 10.9 Å². The lowest BCUT2D eigenvalue weighted by Gasteiger charge is -2.11. The molecule has 3 aromatic carbocycles. The lowest BCUT2D eigenvalue weighted by molar-refractivity contribution is 0.0337. The third-order valence-corrected chi connectivity index (χ3v) is 4.38. The molecule has 8 nitrogen and oxygen atoms in total. The minimum absolute atomic E-state index is 0.156. The van der Waals surface area contributed by atoms with Crippen LogP contribution in [0.1, 0.15) is 20.7 Å². The van der Waals surface area contributed by atoms with E-state index in [9.17, 15) is 14.4 Å². The van der Waals surface area contributed by atoms with Crippen molar-refractivity contribution in [1.29, 1.82) is 0 Å². The highest BCUT2D eigenvalue weighted by Gasteiger charge is 2.16. The third-order valence-electron chi connectivity index (χ3n) is 4.38. The maximum absolute atomic E-state index is 12.6. The summed E-state index contributed by atoms with van der Waals surface area (Å²) in [5.74, 6) is -1.06. The number of aromatic nitrogens is 3. The zero-order valence-corrected chi connectivity index (χ0v) is 15.7. The molecule has 0 aliphatic carbocycles. The summed E-state index contributed by atoms with van der Waals surface area (Å²) < 4.78 is 6.21. The van der Waals surface area contributed by atoms with Gasteiger partial charge in [0, 0.05) is 5.56 Å². The Morgan fingerprint density at radius 1 is 0.900 bits per heavy atom. The molecule has 1 aromatic heterocycles. The zero-order chi connectivity index (χ0) is 20.9.